The van der Waals surface area contributed by atoms with Crippen LogP contribution in [0.15, 0.2) is 47.1 Å². The molecule has 0 aromatic rings. The second kappa shape index (κ2) is 9.84. The van der Waals surface area contributed by atoms with E-state index in [4.69, 9.17) is 0 Å². The number of rotatable bonds is 6. The number of fused-ring (bicyclic) bond motifs is 1. The van der Waals surface area contributed by atoms with Crippen LogP contribution in [0.25, 0.3) is 0 Å². The number of hydrogen-bond acceptors (Lipinski definition) is 0. The summed E-state index contributed by atoms with van der Waals surface area (Å²) < 4.78 is 0. The van der Waals surface area contributed by atoms with Crippen molar-refractivity contribution in [2.45, 2.75) is 113 Å². The molecule has 3 aliphatic carbocycles. The van der Waals surface area contributed by atoms with E-state index in [0.717, 1.165) is 11.8 Å². The monoisotopic (exact) mass is 422 g/mol. The Morgan fingerprint density at radius 1 is 1.13 bits per heavy atom. The summed E-state index contributed by atoms with van der Waals surface area (Å²) in [6, 6.07) is 0. The maximum absolute atomic E-state index is 4.33. The van der Waals surface area contributed by atoms with Crippen molar-refractivity contribution in [3.63, 3.8) is 0 Å². The molecule has 5 unspecified atom stereocenters. The maximum Gasteiger partial charge on any atom is -0.0140 e. The van der Waals surface area contributed by atoms with Gasteiger partial charge in [-0.05, 0) is 99.2 Å². The van der Waals surface area contributed by atoms with Gasteiger partial charge in [-0.2, -0.15) is 0 Å². The molecular formula is C31H50. The normalized spacial score (nSPS) is 36.1. The maximum atomic E-state index is 4.33. The molecule has 3 saturated carbocycles. The van der Waals surface area contributed by atoms with Gasteiger partial charge in [-0.1, -0.05) is 95.1 Å². The van der Waals surface area contributed by atoms with Crippen molar-refractivity contribution in [1.82, 2.24) is 0 Å². The molecular weight excluding hydrogens is 372 g/mol. The Labute approximate surface area is 194 Å². The van der Waals surface area contributed by atoms with Gasteiger partial charge in [-0.3, -0.25) is 0 Å². The third-order valence-electron chi connectivity index (χ3n) is 9.69. The first-order chi connectivity index (χ1) is 14.6. The first kappa shape index (κ1) is 24.6. The van der Waals surface area contributed by atoms with Crippen LogP contribution in [-0.2, 0) is 0 Å². The summed E-state index contributed by atoms with van der Waals surface area (Å²) in [5.41, 5.74) is 7.51. The van der Waals surface area contributed by atoms with E-state index in [9.17, 15) is 0 Å². The van der Waals surface area contributed by atoms with Crippen molar-refractivity contribution in [2.75, 3.05) is 0 Å². The van der Waals surface area contributed by atoms with E-state index in [1.807, 2.05) is 0 Å². The Morgan fingerprint density at radius 2 is 1.81 bits per heavy atom. The Morgan fingerprint density at radius 3 is 2.45 bits per heavy atom. The molecule has 0 spiro atoms. The van der Waals surface area contributed by atoms with Crippen LogP contribution < -0.4 is 0 Å². The molecule has 0 amide bonds. The lowest BCUT2D eigenvalue weighted by atomic mass is 9.62. The van der Waals surface area contributed by atoms with E-state index in [2.05, 4.69) is 73.3 Å². The zero-order valence-corrected chi connectivity index (χ0v) is 21.8. The van der Waals surface area contributed by atoms with Crippen molar-refractivity contribution in [2.24, 2.45) is 34.5 Å². The lowest BCUT2D eigenvalue weighted by Crippen LogP contribution is -2.33. The smallest absolute Gasteiger partial charge is 0.0140 e. The highest BCUT2D eigenvalue weighted by molar-refractivity contribution is 5.29. The van der Waals surface area contributed by atoms with E-state index in [0.29, 0.717) is 22.7 Å². The average Bonchev–Trinajstić information content (AvgIpc) is 3.07. The van der Waals surface area contributed by atoms with Crippen molar-refractivity contribution in [3.8, 4) is 0 Å². The van der Waals surface area contributed by atoms with E-state index >= 15 is 0 Å². The summed E-state index contributed by atoms with van der Waals surface area (Å²) in [4.78, 5) is 0. The summed E-state index contributed by atoms with van der Waals surface area (Å²) in [6.45, 7) is 21.3. The Balaban J connectivity index is 1.71. The van der Waals surface area contributed by atoms with E-state index in [1.54, 1.807) is 16.7 Å². The quantitative estimate of drug-likeness (QED) is 0.373. The standard InChI is InChI=1S/C31H50/c1-9-30(6,7)18-10-12-22(2)28-16-17-29-27(13-11-19-31(28,29)8)15-14-26-20-23(3)25(5)24(4)21-26/h12,14-15,23-24,28-29H,5,9-11,13,16-21H2,1-4,6-8H3. The molecule has 0 aliphatic heterocycles. The molecule has 0 saturated heterocycles. The van der Waals surface area contributed by atoms with Gasteiger partial charge in [-0.15, -0.1) is 0 Å². The fourth-order valence-corrected chi connectivity index (χ4v) is 6.98. The lowest BCUT2D eigenvalue weighted by molar-refractivity contribution is 0.155. The predicted molar refractivity (Wildman–Crippen MR) is 138 cm³/mol. The fraction of sp³-hybridized carbons (Fsp3) is 0.742. The Hall–Kier alpha value is -1.04. The van der Waals surface area contributed by atoms with E-state index in [1.165, 1.54) is 69.8 Å². The highest BCUT2D eigenvalue weighted by atomic mass is 14.5. The van der Waals surface area contributed by atoms with E-state index in [-0.39, 0.29) is 0 Å². The zero-order chi connectivity index (χ0) is 22.8. The van der Waals surface area contributed by atoms with Gasteiger partial charge in [0.25, 0.3) is 0 Å². The molecule has 3 rings (SSSR count). The van der Waals surface area contributed by atoms with Crippen LogP contribution in [0.3, 0.4) is 0 Å². The summed E-state index contributed by atoms with van der Waals surface area (Å²) in [6.07, 6.45) is 20.9. The second-order valence-corrected chi connectivity index (χ2v) is 12.4. The molecule has 174 valence electrons. The SMILES string of the molecule is C=C1C(C)CC(=CC=C2CCCC3(C)C(C(C)=CCCC(C)(C)CC)CCC23)CC1C. The molecule has 0 aromatic carbocycles. The third kappa shape index (κ3) is 5.48. The molecule has 3 fully saturated rings. The van der Waals surface area contributed by atoms with Crippen molar-refractivity contribution < 1.29 is 0 Å². The molecule has 0 radical (unpaired) electrons. The molecule has 0 heteroatoms. The summed E-state index contributed by atoms with van der Waals surface area (Å²) in [7, 11) is 0. The van der Waals surface area contributed by atoms with Crippen molar-refractivity contribution >= 4 is 0 Å². The zero-order valence-electron chi connectivity index (χ0n) is 21.8. The van der Waals surface area contributed by atoms with Gasteiger partial charge in [0.05, 0.1) is 0 Å². The summed E-state index contributed by atoms with van der Waals surface area (Å²) >= 11 is 0. The molecule has 0 nitrogen and oxygen atoms in total. The minimum Gasteiger partial charge on any atom is -0.0993 e. The topological polar surface area (TPSA) is 0 Å². The van der Waals surface area contributed by atoms with Gasteiger partial charge in [0.15, 0.2) is 0 Å². The summed E-state index contributed by atoms with van der Waals surface area (Å²) in [5, 5.41) is 0. The third-order valence-corrected chi connectivity index (χ3v) is 9.69. The number of allylic oxidation sites excluding steroid dienone is 7. The minimum atomic E-state index is 0.477. The second-order valence-electron chi connectivity index (χ2n) is 12.4. The Bertz CT molecular complexity index is 726. The van der Waals surface area contributed by atoms with Crippen LogP contribution in [0.1, 0.15) is 113 Å². The Kier molecular flexibility index (Phi) is 7.81. The van der Waals surface area contributed by atoms with Crippen LogP contribution in [0.2, 0.25) is 0 Å². The summed E-state index contributed by atoms with van der Waals surface area (Å²) in [5.74, 6) is 2.88. The molecule has 0 heterocycles. The average molecular weight is 423 g/mol. The predicted octanol–water partition coefficient (Wildman–Crippen LogP) is 9.84. The highest BCUT2D eigenvalue weighted by Crippen LogP contribution is 2.59. The van der Waals surface area contributed by atoms with Gasteiger partial charge >= 0.3 is 0 Å². The highest BCUT2D eigenvalue weighted by Gasteiger charge is 2.49. The van der Waals surface area contributed by atoms with Gasteiger partial charge in [0, 0.05) is 0 Å². The van der Waals surface area contributed by atoms with E-state index < -0.39 is 0 Å². The van der Waals surface area contributed by atoms with Crippen molar-refractivity contribution in [1.29, 1.82) is 0 Å². The van der Waals surface area contributed by atoms with Crippen LogP contribution in [0.4, 0.5) is 0 Å². The van der Waals surface area contributed by atoms with Crippen LogP contribution in [0, 0.1) is 34.5 Å². The molecule has 3 aliphatic rings. The fourth-order valence-electron chi connectivity index (χ4n) is 6.98. The van der Waals surface area contributed by atoms with Crippen LogP contribution in [-0.4, -0.2) is 0 Å². The number of hydrogen-bond donors (Lipinski definition) is 0. The first-order valence-corrected chi connectivity index (χ1v) is 13.3. The van der Waals surface area contributed by atoms with Crippen LogP contribution >= 0.6 is 0 Å². The van der Waals surface area contributed by atoms with Gasteiger partial charge in [0.2, 0.25) is 0 Å². The van der Waals surface area contributed by atoms with Gasteiger partial charge in [-0.25, -0.2) is 0 Å². The van der Waals surface area contributed by atoms with Gasteiger partial charge in [0.1, 0.15) is 0 Å². The molecule has 5 atom stereocenters. The largest absolute Gasteiger partial charge is 0.0993 e. The molecule has 31 heavy (non-hydrogen) atoms. The molecule has 0 bridgehead atoms. The lowest BCUT2D eigenvalue weighted by Gasteiger charge is -2.43. The minimum absolute atomic E-state index is 0.477. The molecule has 0 N–H and O–H groups in total. The van der Waals surface area contributed by atoms with Gasteiger partial charge < -0.3 is 0 Å². The van der Waals surface area contributed by atoms with Crippen LogP contribution in [0.5, 0.6) is 0 Å². The molecule has 0 aromatic heterocycles. The first-order valence-electron chi connectivity index (χ1n) is 13.3. The van der Waals surface area contributed by atoms with Crippen molar-refractivity contribution in [3.05, 3.63) is 47.1 Å².